The maximum Gasteiger partial charge on any atom is 0.184 e. The molecule has 0 aliphatic carbocycles. The average Bonchev–Trinajstić information content (AvgIpc) is 2.51. The van der Waals surface area contributed by atoms with Crippen molar-refractivity contribution in [1.82, 2.24) is 0 Å². The second kappa shape index (κ2) is 11.3. The van der Waals surface area contributed by atoms with Crippen molar-refractivity contribution in [2.45, 2.75) is 83.1 Å². The Labute approximate surface area is 133 Å². The van der Waals surface area contributed by atoms with Crippen LogP contribution >= 0.6 is 0 Å². The summed E-state index contributed by atoms with van der Waals surface area (Å²) >= 11 is 0. The van der Waals surface area contributed by atoms with Gasteiger partial charge in [-0.3, -0.25) is 0 Å². The highest BCUT2D eigenvalue weighted by Gasteiger charge is 2.44. The Kier molecular flexibility index (Phi) is 10.2. The van der Waals surface area contributed by atoms with Crippen molar-refractivity contribution in [2.75, 3.05) is 19.8 Å². The van der Waals surface area contributed by atoms with Crippen molar-refractivity contribution in [2.24, 2.45) is 0 Å². The van der Waals surface area contributed by atoms with Gasteiger partial charge in [-0.2, -0.15) is 0 Å². The lowest BCUT2D eigenvalue weighted by molar-refractivity contribution is -0.296. The number of unbranched alkanes of at least 4 members (excludes halogenated alkanes) is 4. The van der Waals surface area contributed by atoms with Crippen LogP contribution in [0.5, 0.6) is 0 Å². The molecule has 0 amide bonds. The molecule has 3 N–H and O–H groups in total. The first-order chi connectivity index (χ1) is 10.6. The molecule has 5 atom stereocenters. The predicted octanol–water partition coefficient (Wildman–Crippen LogP) is 1.21. The highest BCUT2D eigenvalue weighted by Crippen LogP contribution is 2.23. The van der Waals surface area contributed by atoms with E-state index in [1.54, 1.807) is 0 Å². The van der Waals surface area contributed by atoms with Gasteiger partial charge in [0.2, 0.25) is 0 Å². The summed E-state index contributed by atoms with van der Waals surface area (Å²) < 4.78 is 16.3. The summed E-state index contributed by atoms with van der Waals surface area (Å²) in [4.78, 5) is 0. The van der Waals surface area contributed by atoms with E-state index in [9.17, 15) is 15.3 Å². The zero-order valence-electron chi connectivity index (χ0n) is 13.8. The SMILES string of the molecule is CCCCCOC[C@H]1O[C@H](O)[C@H](O)[C@@H](OCCCCC)[C@@H]1O. The second-order valence-corrected chi connectivity index (χ2v) is 5.87. The fourth-order valence-electron chi connectivity index (χ4n) is 2.48. The van der Waals surface area contributed by atoms with Gasteiger partial charge in [0.05, 0.1) is 6.61 Å². The van der Waals surface area contributed by atoms with Crippen LogP contribution < -0.4 is 0 Å². The molecule has 0 unspecified atom stereocenters. The van der Waals surface area contributed by atoms with Gasteiger partial charge in [0, 0.05) is 13.2 Å². The van der Waals surface area contributed by atoms with E-state index in [2.05, 4.69) is 13.8 Å². The van der Waals surface area contributed by atoms with Crippen LogP contribution in [0.15, 0.2) is 0 Å². The van der Waals surface area contributed by atoms with Gasteiger partial charge in [-0.1, -0.05) is 39.5 Å². The van der Waals surface area contributed by atoms with E-state index in [1.807, 2.05) is 0 Å². The molecule has 1 rings (SSSR count). The first-order valence-corrected chi connectivity index (χ1v) is 8.50. The molecular formula is C16H32O6. The van der Waals surface area contributed by atoms with Gasteiger partial charge in [0.15, 0.2) is 6.29 Å². The molecule has 0 radical (unpaired) electrons. The smallest absolute Gasteiger partial charge is 0.184 e. The molecule has 0 bridgehead atoms. The van der Waals surface area contributed by atoms with E-state index in [0.29, 0.717) is 13.2 Å². The average molecular weight is 320 g/mol. The summed E-state index contributed by atoms with van der Waals surface area (Å²) in [6, 6.07) is 0. The lowest BCUT2D eigenvalue weighted by Gasteiger charge is -2.40. The lowest BCUT2D eigenvalue weighted by Crippen LogP contribution is -2.59. The van der Waals surface area contributed by atoms with Crippen LogP contribution in [0.3, 0.4) is 0 Å². The zero-order chi connectivity index (χ0) is 16.4. The van der Waals surface area contributed by atoms with Crippen molar-refractivity contribution < 1.29 is 29.5 Å². The van der Waals surface area contributed by atoms with Crippen molar-refractivity contribution in [1.29, 1.82) is 0 Å². The number of ether oxygens (including phenoxy) is 3. The number of rotatable bonds is 11. The molecule has 1 aliphatic rings. The van der Waals surface area contributed by atoms with Gasteiger partial charge in [0.25, 0.3) is 0 Å². The molecule has 6 nitrogen and oxygen atoms in total. The molecule has 132 valence electrons. The maximum absolute atomic E-state index is 10.3. The van der Waals surface area contributed by atoms with Crippen LogP contribution in [-0.2, 0) is 14.2 Å². The molecular weight excluding hydrogens is 288 g/mol. The molecule has 22 heavy (non-hydrogen) atoms. The summed E-state index contributed by atoms with van der Waals surface area (Å²) in [5.74, 6) is 0. The Bertz CT molecular complexity index is 275. The molecule has 1 saturated heterocycles. The van der Waals surface area contributed by atoms with E-state index in [4.69, 9.17) is 14.2 Å². The van der Waals surface area contributed by atoms with E-state index < -0.39 is 30.7 Å². The number of hydrogen-bond donors (Lipinski definition) is 3. The fourth-order valence-corrected chi connectivity index (χ4v) is 2.48. The molecule has 0 aromatic heterocycles. The minimum absolute atomic E-state index is 0.184. The van der Waals surface area contributed by atoms with Crippen LogP contribution in [-0.4, -0.2) is 65.8 Å². The minimum atomic E-state index is -1.36. The van der Waals surface area contributed by atoms with Crippen LogP contribution in [0, 0.1) is 0 Å². The number of aliphatic hydroxyl groups excluding tert-OH is 3. The third-order valence-corrected chi connectivity index (χ3v) is 3.89. The van der Waals surface area contributed by atoms with Gasteiger partial charge in [-0.25, -0.2) is 0 Å². The topological polar surface area (TPSA) is 88.4 Å². The largest absolute Gasteiger partial charge is 0.387 e. The third-order valence-electron chi connectivity index (χ3n) is 3.89. The molecule has 0 saturated carbocycles. The van der Waals surface area contributed by atoms with E-state index in [1.165, 1.54) is 0 Å². The Morgan fingerprint density at radius 2 is 1.50 bits per heavy atom. The molecule has 1 aliphatic heterocycles. The summed E-state index contributed by atoms with van der Waals surface area (Å²) in [5, 5.41) is 30.0. The number of hydrogen-bond acceptors (Lipinski definition) is 6. The van der Waals surface area contributed by atoms with Crippen molar-refractivity contribution in [3.8, 4) is 0 Å². The van der Waals surface area contributed by atoms with Crippen LogP contribution in [0.25, 0.3) is 0 Å². The van der Waals surface area contributed by atoms with Crippen molar-refractivity contribution >= 4 is 0 Å². The Morgan fingerprint density at radius 1 is 0.864 bits per heavy atom. The second-order valence-electron chi connectivity index (χ2n) is 5.87. The number of aliphatic hydroxyl groups is 3. The monoisotopic (exact) mass is 320 g/mol. The Morgan fingerprint density at radius 3 is 2.14 bits per heavy atom. The lowest BCUT2D eigenvalue weighted by atomic mass is 9.99. The van der Waals surface area contributed by atoms with Crippen molar-refractivity contribution in [3.63, 3.8) is 0 Å². The molecule has 1 heterocycles. The summed E-state index contributed by atoms with van der Waals surface area (Å²) in [7, 11) is 0. The highest BCUT2D eigenvalue weighted by molar-refractivity contribution is 4.89. The Hall–Kier alpha value is -0.240. The minimum Gasteiger partial charge on any atom is -0.387 e. The molecule has 0 spiro atoms. The molecule has 0 aromatic carbocycles. The normalized spacial score (nSPS) is 32.3. The molecule has 1 fully saturated rings. The van der Waals surface area contributed by atoms with Crippen molar-refractivity contribution in [3.05, 3.63) is 0 Å². The van der Waals surface area contributed by atoms with Gasteiger partial charge in [0.1, 0.15) is 24.4 Å². The standard InChI is InChI=1S/C16H32O6/c1-3-5-7-9-20-11-12-13(17)15(14(18)16(19)22-12)21-10-8-6-4-2/h12-19H,3-11H2,1-2H3/t12-,13-,14-,15+,16+/m1/s1. The van der Waals surface area contributed by atoms with Gasteiger partial charge in [-0.05, 0) is 12.8 Å². The predicted molar refractivity (Wildman–Crippen MR) is 82.5 cm³/mol. The molecule has 0 aromatic rings. The third kappa shape index (κ3) is 6.48. The van der Waals surface area contributed by atoms with Crippen LogP contribution in [0.1, 0.15) is 52.4 Å². The molecule has 6 heteroatoms. The Balaban J connectivity index is 2.39. The van der Waals surface area contributed by atoms with Gasteiger partial charge < -0.3 is 29.5 Å². The highest BCUT2D eigenvalue weighted by atomic mass is 16.7. The zero-order valence-corrected chi connectivity index (χ0v) is 13.8. The summed E-state index contributed by atoms with van der Waals surface area (Å²) in [6.45, 7) is 5.44. The first kappa shape index (κ1) is 19.8. The van der Waals surface area contributed by atoms with Crippen LogP contribution in [0.4, 0.5) is 0 Å². The summed E-state index contributed by atoms with van der Waals surface area (Å²) in [5.41, 5.74) is 0. The van der Waals surface area contributed by atoms with Gasteiger partial charge >= 0.3 is 0 Å². The fraction of sp³-hybridized carbons (Fsp3) is 1.00. The van der Waals surface area contributed by atoms with E-state index in [0.717, 1.165) is 38.5 Å². The summed E-state index contributed by atoms with van der Waals surface area (Å²) in [6.07, 6.45) is 0.997. The van der Waals surface area contributed by atoms with E-state index >= 15 is 0 Å². The van der Waals surface area contributed by atoms with Crippen LogP contribution in [0.2, 0.25) is 0 Å². The van der Waals surface area contributed by atoms with E-state index in [-0.39, 0.29) is 6.61 Å². The first-order valence-electron chi connectivity index (χ1n) is 8.50. The maximum atomic E-state index is 10.3. The van der Waals surface area contributed by atoms with Gasteiger partial charge in [-0.15, -0.1) is 0 Å². The quantitative estimate of drug-likeness (QED) is 0.496.